The van der Waals surface area contributed by atoms with Gasteiger partial charge in [0.05, 0.1) is 16.0 Å². The van der Waals surface area contributed by atoms with Crippen molar-refractivity contribution in [2.75, 3.05) is 7.05 Å². The van der Waals surface area contributed by atoms with Gasteiger partial charge < -0.3 is 5.32 Å². The quantitative estimate of drug-likeness (QED) is 0.278. The molecule has 0 saturated carbocycles. The van der Waals surface area contributed by atoms with Gasteiger partial charge in [0.15, 0.2) is 10.3 Å². The first-order valence-corrected chi connectivity index (χ1v) is 7.56. The van der Waals surface area contributed by atoms with Crippen molar-refractivity contribution in [2.45, 2.75) is 10.1 Å². The van der Waals surface area contributed by atoms with Crippen molar-refractivity contribution in [3.63, 3.8) is 0 Å². The molecule has 23 heavy (non-hydrogen) atoms. The van der Waals surface area contributed by atoms with Crippen LogP contribution in [0.5, 0.6) is 0 Å². The van der Waals surface area contributed by atoms with Crippen LogP contribution in [0, 0.1) is 10.1 Å². The number of hydrazone groups is 1. The Morgan fingerprint density at radius 2 is 2.17 bits per heavy atom. The van der Waals surface area contributed by atoms with Gasteiger partial charge >= 0.3 is 0 Å². The molecule has 1 heterocycles. The molecule has 0 unspecified atom stereocenters. The summed E-state index contributed by atoms with van der Waals surface area (Å²) in [5.41, 5.74) is 3.11. The molecular weight excluding hydrogens is 336 g/mol. The molecule has 0 bridgehead atoms. The summed E-state index contributed by atoms with van der Waals surface area (Å²) < 4.78 is 0. The summed E-state index contributed by atoms with van der Waals surface area (Å²) in [4.78, 5) is 19.4. The predicted octanol–water partition coefficient (Wildman–Crippen LogP) is 1.96. The Morgan fingerprint density at radius 1 is 1.43 bits per heavy atom. The smallest absolute Gasteiger partial charge is 0.283 e. The third-order valence-electron chi connectivity index (χ3n) is 2.53. The Kier molecular flexibility index (Phi) is 5.94. The standard InChI is InChI=1S/C13H12N6O2S2/c1-14-12(22)18-17-8-9-3-4-11(10(7-9)19(20)21)23-13-15-5-2-6-16-13/h2-8H,1H3,(H2,14,18,22)/b17-8+. The van der Waals surface area contributed by atoms with Crippen molar-refractivity contribution < 1.29 is 4.92 Å². The highest BCUT2D eigenvalue weighted by molar-refractivity contribution is 7.99. The second-order valence-electron chi connectivity index (χ2n) is 4.07. The van der Waals surface area contributed by atoms with E-state index in [1.807, 2.05) is 0 Å². The molecule has 1 aromatic heterocycles. The summed E-state index contributed by atoms with van der Waals surface area (Å²) in [6.07, 6.45) is 4.61. The minimum Gasteiger partial charge on any atom is -0.364 e. The molecule has 118 valence electrons. The average molecular weight is 348 g/mol. The van der Waals surface area contributed by atoms with Crippen molar-refractivity contribution in [1.82, 2.24) is 20.7 Å². The van der Waals surface area contributed by atoms with Gasteiger partial charge in [-0.15, -0.1) is 0 Å². The summed E-state index contributed by atoms with van der Waals surface area (Å²) >= 11 is 6.00. The Labute approximate surface area is 141 Å². The zero-order valence-corrected chi connectivity index (χ0v) is 13.6. The van der Waals surface area contributed by atoms with Gasteiger partial charge in [-0.25, -0.2) is 9.97 Å². The molecule has 0 radical (unpaired) electrons. The number of nitro benzene ring substituents is 1. The number of nitro groups is 1. The monoisotopic (exact) mass is 348 g/mol. The maximum absolute atomic E-state index is 11.3. The van der Waals surface area contributed by atoms with Crippen molar-refractivity contribution in [3.8, 4) is 0 Å². The van der Waals surface area contributed by atoms with Gasteiger partial charge in [-0.1, -0.05) is 6.07 Å². The Balaban J connectivity index is 2.21. The molecule has 1 aromatic carbocycles. The number of benzene rings is 1. The number of nitrogens with zero attached hydrogens (tertiary/aromatic N) is 4. The van der Waals surface area contributed by atoms with E-state index in [-0.39, 0.29) is 5.69 Å². The van der Waals surface area contributed by atoms with Crippen LogP contribution < -0.4 is 10.7 Å². The molecule has 8 nitrogen and oxygen atoms in total. The molecule has 0 atom stereocenters. The number of nitrogens with one attached hydrogen (secondary N) is 2. The molecule has 2 rings (SSSR count). The van der Waals surface area contributed by atoms with E-state index in [1.54, 1.807) is 37.6 Å². The zero-order valence-electron chi connectivity index (χ0n) is 12.0. The fraction of sp³-hybridized carbons (Fsp3) is 0.0769. The minimum absolute atomic E-state index is 0.0393. The van der Waals surface area contributed by atoms with Crippen LogP contribution in [0.1, 0.15) is 5.56 Å². The van der Waals surface area contributed by atoms with E-state index >= 15 is 0 Å². The van der Waals surface area contributed by atoms with Gasteiger partial charge in [-0.3, -0.25) is 15.5 Å². The lowest BCUT2D eigenvalue weighted by Gasteiger charge is -2.03. The van der Waals surface area contributed by atoms with Crippen LogP contribution in [-0.4, -0.2) is 33.3 Å². The largest absolute Gasteiger partial charge is 0.364 e. The van der Waals surface area contributed by atoms with E-state index in [4.69, 9.17) is 12.2 Å². The van der Waals surface area contributed by atoms with Crippen LogP contribution in [0.4, 0.5) is 5.69 Å². The van der Waals surface area contributed by atoms with Crippen molar-refractivity contribution in [3.05, 3.63) is 52.3 Å². The fourth-order valence-electron chi connectivity index (χ4n) is 1.50. The van der Waals surface area contributed by atoms with Crippen LogP contribution in [-0.2, 0) is 0 Å². The molecule has 0 aliphatic rings. The molecule has 0 fully saturated rings. The normalized spacial score (nSPS) is 10.5. The van der Waals surface area contributed by atoms with Gasteiger partial charge in [0.2, 0.25) is 0 Å². The van der Waals surface area contributed by atoms with Gasteiger partial charge in [0, 0.05) is 31.1 Å². The maximum Gasteiger partial charge on any atom is 0.283 e. The lowest BCUT2D eigenvalue weighted by molar-refractivity contribution is -0.387. The van der Waals surface area contributed by atoms with E-state index in [0.717, 1.165) is 11.8 Å². The third kappa shape index (κ3) is 4.97. The lowest BCUT2D eigenvalue weighted by Crippen LogP contribution is -2.28. The summed E-state index contributed by atoms with van der Waals surface area (Å²) in [6, 6.07) is 6.46. The second-order valence-corrected chi connectivity index (χ2v) is 5.48. The first kappa shape index (κ1) is 16.8. The van der Waals surface area contributed by atoms with Crippen LogP contribution in [0.15, 0.2) is 51.8 Å². The first-order valence-electron chi connectivity index (χ1n) is 6.34. The molecule has 2 N–H and O–H groups in total. The number of thiocarbonyl (C=S) groups is 1. The van der Waals surface area contributed by atoms with E-state index in [0.29, 0.717) is 20.7 Å². The zero-order chi connectivity index (χ0) is 16.7. The molecule has 0 amide bonds. The van der Waals surface area contributed by atoms with Crippen molar-refractivity contribution in [1.29, 1.82) is 0 Å². The number of aromatic nitrogens is 2. The fourth-order valence-corrected chi connectivity index (χ4v) is 2.35. The predicted molar refractivity (Wildman–Crippen MR) is 91.6 cm³/mol. The van der Waals surface area contributed by atoms with E-state index < -0.39 is 4.92 Å². The van der Waals surface area contributed by atoms with E-state index in [2.05, 4.69) is 25.8 Å². The van der Waals surface area contributed by atoms with Crippen LogP contribution in [0.3, 0.4) is 0 Å². The van der Waals surface area contributed by atoms with Crippen molar-refractivity contribution >= 4 is 41.0 Å². The summed E-state index contributed by atoms with van der Waals surface area (Å²) in [7, 11) is 1.66. The molecule has 0 aliphatic carbocycles. The molecule has 10 heteroatoms. The first-order chi connectivity index (χ1) is 11.1. The topological polar surface area (TPSA) is 105 Å². The van der Waals surface area contributed by atoms with Gasteiger partial charge in [-0.05, 0) is 36.1 Å². The van der Waals surface area contributed by atoms with Gasteiger partial charge in [-0.2, -0.15) is 5.10 Å². The molecule has 0 spiro atoms. The van der Waals surface area contributed by atoms with E-state index in [1.165, 1.54) is 12.3 Å². The highest BCUT2D eigenvalue weighted by Gasteiger charge is 2.16. The van der Waals surface area contributed by atoms with Crippen LogP contribution in [0.25, 0.3) is 0 Å². The summed E-state index contributed by atoms with van der Waals surface area (Å²) in [5.74, 6) is 0. The highest BCUT2D eigenvalue weighted by Crippen LogP contribution is 2.33. The van der Waals surface area contributed by atoms with E-state index in [9.17, 15) is 10.1 Å². The Hall–Kier alpha value is -2.59. The summed E-state index contributed by atoms with van der Waals surface area (Å²) in [6.45, 7) is 0. The minimum atomic E-state index is -0.450. The maximum atomic E-state index is 11.3. The van der Waals surface area contributed by atoms with Gasteiger partial charge in [0.25, 0.3) is 5.69 Å². The lowest BCUT2D eigenvalue weighted by atomic mass is 10.2. The molecular formula is C13H12N6O2S2. The van der Waals surface area contributed by atoms with Crippen molar-refractivity contribution in [2.24, 2.45) is 5.10 Å². The van der Waals surface area contributed by atoms with Crippen LogP contribution in [0.2, 0.25) is 0 Å². The number of hydrogen-bond donors (Lipinski definition) is 2. The second kappa shape index (κ2) is 8.15. The SMILES string of the molecule is CNC(=S)N/N=C/c1ccc(Sc2ncccn2)c([N+](=O)[O-])c1. The summed E-state index contributed by atoms with van der Waals surface area (Å²) in [5, 5.41) is 18.6. The molecule has 0 aliphatic heterocycles. The molecule has 0 saturated heterocycles. The van der Waals surface area contributed by atoms with Gasteiger partial charge in [0.1, 0.15) is 0 Å². The highest BCUT2D eigenvalue weighted by atomic mass is 32.2. The Bertz CT molecular complexity index is 738. The average Bonchev–Trinajstić information content (AvgIpc) is 2.56. The Morgan fingerprint density at radius 3 is 2.83 bits per heavy atom. The third-order valence-corrected chi connectivity index (χ3v) is 3.78. The molecule has 2 aromatic rings. The number of rotatable bonds is 5. The van der Waals surface area contributed by atoms with Crippen LogP contribution >= 0.6 is 24.0 Å². The number of hydrogen-bond acceptors (Lipinski definition) is 7.